The molecule has 14 heavy (non-hydrogen) atoms. The molecule has 3 unspecified atom stereocenters. The molecule has 1 N–H and O–H groups in total. The summed E-state index contributed by atoms with van der Waals surface area (Å²) < 4.78 is 5.12. The van der Waals surface area contributed by atoms with E-state index in [2.05, 4.69) is 33.0 Å². The molecule has 0 rings (SSSR count). The van der Waals surface area contributed by atoms with Crippen molar-refractivity contribution in [3.63, 3.8) is 0 Å². The average Bonchev–Trinajstić information content (AvgIpc) is 2.16. The molecule has 0 amide bonds. The third kappa shape index (κ3) is 6.39. The lowest BCUT2D eigenvalue weighted by Crippen LogP contribution is -2.39. The molecule has 0 spiro atoms. The Balaban J connectivity index is 3.77. The molecule has 0 fully saturated rings. The number of nitrogens with one attached hydrogen (secondary N) is 1. The predicted octanol–water partition coefficient (Wildman–Crippen LogP) is 2.83. The largest absolute Gasteiger partial charge is 0.383 e. The van der Waals surface area contributed by atoms with E-state index in [0.717, 1.165) is 12.5 Å². The van der Waals surface area contributed by atoms with Crippen LogP contribution in [0.15, 0.2) is 0 Å². The van der Waals surface area contributed by atoms with Gasteiger partial charge in [0.2, 0.25) is 0 Å². The molecular weight excluding hydrogens is 174 g/mol. The van der Waals surface area contributed by atoms with E-state index in [1.807, 2.05) is 0 Å². The van der Waals surface area contributed by atoms with Gasteiger partial charge in [-0.15, -0.1) is 0 Å². The lowest BCUT2D eigenvalue weighted by atomic mass is 9.97. The molecule has 0 bridgehead atoms. The molecule has 0 radical (unpaired) electrons. The molecule has 2 nitrogen and oxygen atoms in total. The molecule has 2 heteroatoms. The van der Waals surface area contributed by atoms with Crippen molar-refractivity contribution in [2.24, 2.45) is 5.92 Å². The third-order valence-corrected chi connectivity index (χ3v) is 2.81. The zero-order valence-electron chi connectivity index (χ0n) is 10.5. The van der Waals surface area contributed by atoms with Crippen LogP contribution >= 0.6 is 0 Å². The molecule has 0 aromatic carbocycles. The zero-order chi connectivity index (χ0) is 11.0. The van der Waals surface area contributed by atoms with Crippen molar-refractivity contribution in [2.75, 3.05) is 13.7 Å². The summed E-state index contributed by atoms with van der Waals surface area (Å²) in [4.78, 5) is 0. The molecule has 0 saturated heterocycles. The molecule has 0 aliphatic rings. The van der Waals surface area contributed by atoms with E-state index in [-0.39, 0.29) is 0 Å². The van der Waals surface area contributed by atoms with Gasteiger partial charge in [0, 0.05) is 19.2 Å². The second kappa shape index (κ2) is 8.25. The Morgan fingerprint density at radius 3 is 2.21 bits per heavy atom. The highest BCUT2D eigenvalue weighted by molar-refractivity contribution is 4.72. The number of hydrogen-bond acceptors (Lipinski definition) is 2. The molecule has 0 heterocycles. The van der Waals surface area contributed by atoms with E-state index in [1.165, 1.54) is 19.3 Å². The highest BCUT2D eigenvalue weighted by atomic mass is 16.5. The van der Waals surface area contributed by atoms with Crippen LogP contribution in [0.1, 0.15) is 47.0 Å². The van der Waals surface area contributed by atoms with Crippen molar-refractivity contribution in [2.45, 2.75) is 59.0 Å². The Hall–Kier alpha value is -0.0800. The monoisotopic (exact) mass is 201 g/mol. The van der Waals surface area contributed by atoms with Crippen molar-refractivity contribution in [1.82, 2.24) is 5.32 Å². The molecular formula is C12H27NO. The van der Waals surface area contributed by atoms with E-state index in [1.54, 1.807) is 7.11 Å². The summed E-state index contributed by atoms with van der Waals surface area (Å²) in [5.41, 5.74) is 0. The van der Waals surface area contributed by atoms with Crippen molar-refractivity contribution in [3.05, 3.63) is 0 Å². The van der Waals surface area contributed by atoms with E-state index in [4.69, 9.17) is 4.74 Å². The van der Waals surface area contributed by atoms with Gasteiger partial charge < -0.3 is 10.1 Å². The number of rotatable bonds is 8. The lowest BCUT2D eigenvalue weighted by Gasteiger charge is -2.24. The van der Waals surface area contributed by atoms with Gasteiger partial charge in [-0.3, -0.25) is 0 Å². The first-order valence-corrected chi connectivity index (χ1v) is 5.88. The fourth-order valence-electron chi connectivity index (χ4n) is 1.71. The van der Waals surface area contributed by atoms with Crippen molar-refractivity contribution in [3.8, 4) is 0 Å². The van der Waals surface area contributed by atoms with Gasteiger partial charge in [0.15, 0.2) is 0 Å². The second-order valence-electron chi connectivity index (χ2n) is 4.38. The van der Waals surface area contributed by atoms with Gasteiger partial charge in [0.1, 0.15) is 0 Å². The van der Waals surface area contributed by atoms with E-state index >= 15 is 0 Å². The minimum absolute atomic E-state index is 0.467. The Kier molecular flexibility index (Phi) is 8.20. The summed E-state index contributed by atoms with van der Waals surface area (Å²) in [7, 11) is 1.76. The van der Waals surface area contributed by atoms with Gasteiger partial charge in [0.05, 0.1) is 6.61 Å². The van der Waals surface area contributed by atoms with Crippen LogP contribution in [0.4, 0.5) is 0 Å². The minimum Gasteiger partial charge on any atom is -0.383 e. The summed E-state index contributed by atoms with van der Waals surface area (Å²) in [6.07, 6.45) is 3.76. The number of hydrogen-bond donors (Lipinski definition) is 1. The summed E-state index contributed by atoms with van der Waals surface area (Å²) in [5, 5.41) is 3.61. The Bertz CT molecular complexity index is 127. The molecule has 0 saturated carbocycles. The van der Waals surface area contributed by atoms with E-state index in [0.29, 0.717) is 12.1 Å². The first-order valence-electron chi connectivity index (χ1n) is 5.88. The summed E-state index contributed by atoms with van der Waals surface area (Å²) in [6.45, 7) is 9.82. The first-order chi connectivity index (χ1) is 6.63. The Labute approximate surface area is 89.4 Å². The minimum atomic E-state index is 0.467. The maximum atomic E-state index is 5.12. The highest BCUT2D eigenvalue weighted by Crippen LogP contribution is 2.12. The fourth-order valence-corrected chi connectivity index (χ4v) is 1.71. The lowest BCUT2D eigenvalue weighted by molar-refractivity contribution is 0.163. The Morgan fingerprint density at radius 1 is 1.14 bits per heavy atom. The van der Waals surface area contributed by atoms with Crippen molar-refractivity contribution >= 4 is 0 Å². The molecule has 3 atom stereocenters. The normalized spacial score (nSPS) is 17.8. The molecule has 0 aliphatic heterocycles. The summed E-state index contributed by atoms with van der Waals surface area (Å²) >= 11 is 0. The second-order valence-corrected chi connectivity index (χ2v) is 4.38. The SMILES string of the molecule is CCC(C)CC(CC)NC(C)COC. The van der Waals surface area contributed by atoms with Gasteiger partial charge in [0.25, 0.3) is 0 Å². The predicted molar refractivity (Wildman–Crippen MR) is 62.6 cm³/mol. The fraction of sp³-hybridized carbons (Fsp3) is 1.00. The maximum Gasteiger partial charge on any atom is 0.0613 e. The average molecular weight is 201 g/mol. The van der Waals surface area contributed by atoms with Gasteiger partial charge in [-0.2, -0.15) is 0 Å². The van der Waals surface area contributed by atoms with Crippen LogP contribution in [-0.4, -0.2) is 25.8 Å². The maximum absolute atomic E-state index is 5.12. The molecule has 0 aliphatic carbocycles. The molecule has 86 valence electrons. The standard InChI is InChI=1S/C12H27NO/c1-6-10(3)8-12(7-2)13-11(4)9-14-5/h10-13H,6-9H2,1-5H3. The topological polar surface area (TPSA) is 21.3 Å². The van der Waals surface area contributed by atoms with Crippen LogP contribution in [0, 0.1) is 5.92 Å². The van der Waals surface area contributed by atoms with Crippen LogP contribution in [-0.2, 0) is 4.74 Å². The van der Waals surface area contributed by atoms with Crippen LogP contribution in [0.25, 0.3) is 0 Å². The van der Waals surface area contributed by atoms with Crippen LogP contribution in [0.3, 0.4) is 0 Å². The number of methoxy groups -OCH3 is 1. The van der Waals surface area contributed by atoms with Crippen LogP contribution in [0.5, 0.6) is 0 Å². The van der Waals surface area contributed by atoms with Gasteiger partial charge >= 0.3 is 0 Å². The zero-order valence-corrected chi connectivity index (χ0v) is 10.5. The van der Waals surface area contributed by atoms with Crippen molar-refractivity contribution in [1.29, 1.82) is 0 Å². The quantitative estimate of drug-likeness (QED) is 0.652. The van der Waals surface area contributed by atoms with Gasteiger partial charge in [-0.05, 0) is 25.7 Å². The Morgan fingerprint density at radius 2 is 1.79 bits per heavy atom. The molecule has 0 aromatic rings. The molecule has 0 aromatic heterocycles. The van der Waals surface area contributed by atoms with Gasteiger partial charge in [-0.25, -0.2) is 0 Å². The summed E-state index contributed by atoms with van der Waals surface area (Å²) in [5.74, 6) is 0.821. The number of ether oxygens (including phenoxy) is 1. The summed E-state index contributed by atoms with van der Waals surface area (Å²) in [6, 6.07) is 1.11. The third-order valence-electron chi connectivity index (χ3n) is 2.81. The van der Waals surface area contributed by atoms with E-state index < -0.39 is 0 Å². The van der Waals surface area contributed by atoms with Crippen molar-refractivity contribution < 1.29 is 4.74 Å². The highest BCUT2D eigenvalue weighted by Gasteiger charge is 2.12. The van der Waals surface area contributed by atoms with Crippen LogP contribution < -0.4 is 5.32 Å². The van der Waals surface area contributed by atoms with E-state index in [9.17, 15) is 0 Å². The smallest absolute Gasteiger partial charge is 0.0613 e. The van der Waals surface area contributed by atoms with Gasteiger partial charge in [-0.1, -0.05) is 27.2 Å². The first kappa shape index (κ1) is 13.9. The van der Waals surface area contributed by atoms with Crippen LogP contribution in [0.2, 0.25) is 0 Å².